The number of amides is 1. The number of nitrogens with zero attached hydrogens (tertiary/aromatic N) is 5. The zero-order chi connectivity index (χ0) is 28.2. The molecule has 1 N–H and O–H groups in total. The third-order valence-electron chi connectivity index (χ3n) is 7.13. The third kappa shape index (κ3) is 4.46. The molecule has 0 spiro atoms. The predicted octanol–water partition coefficient (Wildman–Crippen LogP) is 4.28. The van der Waals surface area contributed by atoms with Crippen LogP contribution in [0.5, 0.6) is 0 Å². The highest BCUT2D eigenvalue weighted by atomic mass is 35.5. The van der Waals surface area contributed by atoms with Gasteiger partial charge in [0.05, 0.1) is 46.7 Å². The Morgan fingerprint density at radius 1 is 1.10 bits per heavy atom. The minimum Gasteiger partial charge on any atom is -0.393 e. The number of ketones is 1. The fourth-order valence-corrected chi connectivity index (χ4v) is 5.39. The number of hydrogen-bond donors (Lipinski definition) is 1. The van der Waals surface area contributed by atoms with Gasteiger partial charge in [0.25, 0.3) is 5.91 Å². The summed E-state index contributed by atoms with van der Waals surface area (Å²) in [6.45, 7) is -0.159. The molecule has 1 saturated carbocycles. The molecule has 0 unspecified atom stereocenters. The van der Waals surface area contributed by atoms with E-state index in [-0.39, 0.29) is 34.6 Å². The topological polar surface area (TPSA) is 110 Å². The molecule has 6 rings (SSSR count). The summed E-state index contributed by atoms with van der Waals surface area (Å²) in [7, 11) is 1.66. The number of fused-ring (bicyclic) bond motifs is 1. The zero-order valence-corrected chi connectivity index (χ0v) is 22.6. The molecule has 2 aromatic heterocycles. The molecule has 1 amide bonds. The van der Waals surface area contributed by atoms with Crippen LogP contribution < -0.4 is 0 Å². The van der Waals surface area contributed by atoms with Crippen molar-refractivity contribution in [2.24, 2.45) is 7.05 Å². The Bertz CT molecular complexity index is 1620. The number of aliphatic hydroxyl groups is 1. The third-order valence-corrected chi connectivity index (χ3v) is 7.58. The minimum atomic E-state index is -1.76. The summed E-state index contributed by atoms with van der Waals surface area (Å²) in [5.41, 5.74) is -1.16. The molecule has 1 atom stereocenters. The number of benzene rings is 2. The lowest BCUT2D eigenvalue weighted by molar-refractivity contribution is -0.191. The van der Waals surface area contributed by atoms with Gasteiger partial charge in [0.15, 0.2) is 5.78 Å². The monoisotopic (exact) mass is 581 g/mol. The molecule has 2 aromatic carbocycles. The molecule has 204 valence electrons. The van der Waals surface area contributed by atoms with E-state index in [1.807, 2.05) is 0 Å². The highest BCUT2D eigenvalue weighted by Crippen LogP contribution is 2.50. The number of aryl methyl sites for hydroxylation is 1. The number of aromatic nitrogens is 4. The van der Waals surface area contributed by atoms with Crippen LogP contribution in [0.25, 0.3) is 0 Å². The summed E-state index contributed by atoms with van der Waals surface area (Å²) in [4.78, 5) is 37.2. The van der Waals surface area contributed by atoms with E-state index in [1.165, 1.54) is 40.4 Å². The summed E-state index contributed by atoms with van der Waals surface area (Å²) < 4.78 is 24.4. The maximum Gasteiger partial charge on any atom is 0.257 e. The van der Waals surface area contributed by atoms with Gasteiger partial charge in [0.1, 0.15) is 11.6 Å². The van der Waals surface area contributed by atoms with Crippen molar-refractivity contribution in [1.29, 1.82) is 0 Å². The van der Waals surface area contributed by atoms with Gasteiger partial charge >= 0.3 is 0 Å². The summed E-state index contributed by atoms with van der Waals surface area (Å²) in [6, 6.07) is 9.04. The van der Waals surface area contributed by atoms with E-state index in [4.69, 9.17) is 27.9 Å². The van der Waals surface area contributed by atoms with Gasteiger partial charge in [-0.2, -0.15) is 5.10 Å². The Kier molecular flexibility index (Phi) is 6.66. The fourth-order valence-electron chi connectivity index (χ4n) is 5.17. The first kappa shape index (κ1) is 26.5. The molecular formula is C28H22Cl2FN5O4. The van der Waals surface area contributed by atoms with E-state index < -0.39 is 35.4 Å². The molecule has 0 saturated heterocycles. The Hall–Kier alpha value is -3.70. The van der Waals surface area contributed by atoms with Gasteiger partial charge < -0.3 is 9.84 Å². The Morgan fingerprint density at radius 3 is 2.42 bits per heavy atom. The molecule has 1 fully saturated rings. The SMILES string of the molecule is Cn1cc(C(=O)c2cc(F)c3c(c2)C(=O)N(Cc2ncc(Cl)cn2)[C@@]3(O[C@H]2C[C@@H](O)C2)c2ccc(Cl)cc2)cn1. The van der Waals surface area contributed by atoms with Gasteiger partial charge in [0.2, 0.25) is 5.72 Å². The number of carbonyl (C=O) groups is 2. The van der Waals surface area contributed by atoms with Crippen molar-refractivity contribution in [2.45, 2.75) is 37.3 Å². The van der Waals surface area contributed by atoms with Crippen LogP contribution in [0, 0.1) is 5.82 Å². The fraction of sp³-hybridized carbons (Fsp3) is 0.250. The van der Waals surface area contributed by atoms with Crippen LogP contribution in [0.15, 0.2) is 61.2 Å². The molecule has 12 heteroatoms. The van der Waals surface area contributed by atoms with Gasteiger partial charge in [-0.1, -0.05) is 35.3 Å². The lowest BCUT2D eigenvalue weighted by Gasteiger charge is -2.45. The van der Waals surface area contributed by atoms with Gasteiger partial charge in [-0.3, -0.25) is 19.2 Å². The molecule has 40 heavy (non-hydrogen) atoms. The average molecular weight is 582 g/mol. The van der Waals surface area contributed by atoms with E-state index in [0.29, 0.717) is 28.5 Å². The first-order chi connectivity index (χ1) is 19.2. The van der Waals surface area contributed by atoms with Crippen molar-refractivity contribution in [3.05, 3.63) is 111 Å². The summed E-state index contributed by atoms with van der Waals surface area (Å²) in [6.07, 6.45) is 5.26. The van der Waals surface area contributed by atoms with Gasteiger partial charge in [0, 0.05) is 41.8 Å². The lowest BCUT2D eigenvalue weighted by Crippen LogP contribution is -2.51. The van der Waals surface area contributed by atoms with E-state index >= 15 is 4.39 Å². The largest absolute Gasteiger partial charge is 0.393 e. The maximum atomic E-state index is 16.3. The quantitative estimate of drug-likeness (QED) is 0.324. The van der Waals surface area contributed by atoms with Crippen LogP contribution >= 0.6 is 23.2 Å². The minimum absolute atomic E-state index is 0.00809. The molecular weight excluding hydrogens is 560 g/mol. The summed E-state index contributed by atoms with van der Waals surface area (Å²) >= 11 is 12.2. The highest BCUT2D eigenvalue weighted by molar-refractivity contribution is 6.30. The number of carbonyl (C=O) groups excluding carboxylic acids is 2. The van der Waals surface area contributed by atoms with E-state index in [0.717, 1.165) is 6.07 Å². The van der Waals surface area contributed by atoms with Crippen molar-refractivity contribution in [3.63, 3.8) is 0 Å². The van der Waals surface area contributed by atoms with Gasteiger partial charge in [-0.25, -0.2) is 14.4 Å². The second-order valence-electron chi connectivity index (χ2n) is 9.84. The Labute approximate surface area is 238 Å². The molecule has 3 heterocycles. The van der Waals surface area contributed by atoms with Crippen LogP contribution in [0.3, 0.4) is 0 Å². The second-order valence-corrected chi connectivity index (χ2v) is 10.7. The van der Waals surface area contributed by atoms with Crippen molar-refractivity contribution < 1.29 is 23.8 Å². The highest BCUT2D eigenvalue weighted by Gasteiger charge is 2.56. The van der Waals surface area contributed by atoms with Crippen molar-refractivity contribution in [1.82, 2.24) is 24.6 Å². The number of aliphatic hydroxyl groups excluding tert-OH is 1. The second kappa shape index (κ2) is 10.0. The predicted molar refractivity (Wildman–Crippen MR) is 142 cm³/mol. The maximum absolute atomic E-state index is 16.3. The van der Waals surface area contributed by atoms with Crippen LogP contribution in [0.4, 0.5) is 4.39 Å². The lowest BCUT2D eigenvalue weighted by atomic mass is 9.88. The van der Waals surface area contributed by atoms with E-state index in [2.05, 4.69) is 15.1 Å². The molecule has 0 bridgehead atoms. The van der Waals surface area contributed by atoms with Crippen LogP contribution in [-0.4, -0.2) is 53.7 Å². The smallest absolute Gasteiger partial charge is 0.257 e. The van der Waals surface area contributed by atoms with Crippen molar-refractivity contribution >= 4 is 34.9 Å². The Balaban J connectivity index is 1.55. The Morgan fingerprint density at radius 2 is 1.80 bits per heavy atom. The first-order valence-corrected chi connectivity index (χ1v) is 13.2. The number of halogens is 3. The molecule has 9 nitrogen and oxygen atoms in total. The molecule has 1 aliphatic heterocycles. The molecule has 2 aliphatic rings. The number of hydrogen-bond acceptors (Lipinski definition) is 7. The molecule has 0 radical (unpaired) electrons. The van der Waals surface area contributed by atoms with E-state index in [1.54, 1.807) is 31.3 Å². The van der Waals surface area contributed by atoms with Gasteiger partial charge in [-0.05, 0) is 37.1 Å². The normalized spacial score (nSPS) is 21.8. The zero-order valence-electron chi connectivity index (χ0n) is 21.1. The molecule has 1 aliphatic carbocycles. The number of ether oxygens (including phenoxy) is 1. The van der Waals surface area contributed by atoms with Crippen molar-refractivity contribution in [3.8, 4) is 0 Å². The first-order valence-electron chi connectivity index (χ1n) is 12.4. The average Bonchev–Trinajstić information content (AvgIpc) is 3.45. The standard InChI is InChI=1S/C28H22Cl2FN5O4/c1-35-13-16(10-34-35)26(38)15-6-22-25(23(31)7-15)28(40-21-8-20(37)9-21,17-2-4-18(29)5-3-17)36(27(22)39)14-24-32-11-19(30)12-33-24/h2-7,10-13,20-21,37H,8-9,14H2,1H3/t20-,21+,28-/m1/s1. The summed E-state index contributed by atoms with van der Waals surface area (Å²) in [5.74, 6) is -1.62. The number of rotatable bonds is 7. The summed E-state index contributed by atoms with van der Waals surface area (Å²) in [5, 5.41) is 14.8. The molecule has 4 aromatic rings. The van der Waals surface area contributed by atoms with E-state index in [9.17, 15) is 14.7 Å². The van der Waals surface area contributed by atoms with Crippen LogP contribution in [0.1, 0.15) is 56.1 Å². The van der Waals surface area contributed by atoms with Gasteiger partial charge in [-0.15, -0.1) is 0 Å². The van der Waals surface area contributed by atoms with Crippen molar-refractivity contribution in [2.75, 3.05) is 0 Å². The van der Waals surface area contributed by atoms with Crippen LogP contribution in [-0.2, 0) is 24.1 Å². The van der Waals surface area contributed by atoms with Crippen LogP contribution in [0.2, 0.25) is 10.0 Å².